The molecule has 0 atom stereocenters. The van der Waals surface area contributed by atoms with Crippen LogP contribution >= 0.6 is 23.4 Å². The van der Waals surface area contributed by atoms with Gasteiger partial charge < -0.3 is 24.1 Å². The van der Waals surface area contributed by atoms with Gasteiger partial charge in [-0.05, 0) is 19.1 Å². The van der Waals surface area contributed by atoms with Crippen LogP contribution < -0.4 is 19.5 Å². The lowest BCUT2D eigenvalue weighted by atomic mass is 10.2. The molecule has 1 aromatic heterocycles. The molecule has 8 nitrogen and oxygen atoms in total. The Kier molecular flexibility index (Phi) is 7.64. The molecule has 0 aliphatic heterocycles. The molecule has 3 rings (SSSR count). The van der Waals surface area contributed by atoms with Crippen molar-refractivity contribution in [3.05, 3.63) is 41.4 Å². The molecule has 1 amide bonds. The van der Waals surface area contributed by atoms with Gasteiger partial charge in [0.05, 0.1) is 42.9 Å². The van der Waals surface area contributed by atoms with Crippen LogP contribution in [0.5, 0.6) is 17.2 Å². The highest BCUT2D eigenvalue weighted by Gasteiger charge is 2.17. The molecule has 2 aromatic carbocycles. The number of rotatable bonds is 9. The average molecular weight is 463 g/mol. The first kappa shape index (κ1) is 22.8. The molecule has 0 spiro atoms. The molecular formula is C21H23ClN4O4S. The summed E-state index contributed by atoms with van der Waals surface area (Å²) in [4.78, 5) is 12.5. The average Bonchev–Trinajstić information content (AvgIpc) is 3.14. The number of hydrogen-bond acceptors (Lipinski definition) is 7. The van der Waals surface area contributed by atoms with E-state index in [0.717, 1.165) is 11.3 Å². The molecule has 0 saturated carbocycles. The van der Waals surface area contributed by atoms with Crippen molar-refractivity contribution in [2.24, 2.45) is 7.05 Å². The van der Waals surface area contributed by atoms with Crippen LogP contribution in [0.2, 0.25) is 5.02 Å². The Labute approximate surface area is 189 Å². The van der Waals surface area contributed by atoms with Gasteiger partial charge in [-0.2, -0.15) is 0 Å². The Morgan fingerprint density at radius 3 is 2.58 bits per heavy atom. The van der Waals surface area contributed by atoms with E-state index in [0.29, 0.717) is 39.8 Å². The Morgan fingerprint density at radius 2 is 1.87 bits per heavy atom. The van der Waals surface area contributed by atoms with E-state index in [9.17, 15) is 4.79 Å². The molecule has 0 unspecified atom stereocenters. The second-order valence-corrected chi connectivity index (χ2v) is 7.67. The van der Waals surface area contributed by atoms with Gasteiger partial charge in [0.1, 0.15) is 17.2 Å². The number of carbonyl (C=O) groups is 1. The molecule has 0 bridgehead atoms. The van der Waals surface area contributed by atoms with E-state index < -0.39 is 0 Å². The molecular weight excluding hydrogens is 440 g/mol. The number of carbonyl (C=O) groups excluding carboxylic acids is 1. The topological polar surface area (TPSA) is 87.5 Å². The van der Waals surface area contributed by atoms with Crippen molar-refractivity contribution in [3.63, 3.8) is 0 Å². The van der Waals surface area contributed by atoms with Crippen LogP contribution in [-0.2, 0) is 11.8 Å². The van der Waals surface area contributed by atoms with Crippen LogP contribution in [0.3, 0.4) is 0 Å². The van der Waals surface area contributed by atoms with Gasteiger partial charge in [0.2, 0.25) is 5.91 Å². The second-order valence-electron chi connectivity index (χ2n) is 6.32. The predicted octanol–water partition coefficient (Wildman–Crippen LogP) is 4.28. The molecule has 0 saturated heterocycles. The van der Waals surface area contributed by atoms with Gasteiger partial charge in [-0.15, -0.1) is 10.2 Å². The zero-order valence-corrected chi connectivity index (χ0v) is 19.2. The highest BCUT2D eigenvalue weighted by molar-refractivity contribution is 7.99. The third-order valence-electron chi connectivity index (χ3n) is 4.34. The maximum Gasteiger partial charge on any atom is 0.234 e. The summed E-state index contributed by atoms with van der Waals surface area (Å²) in [5.74, 6) is 2.18. The van der Waals surface area contributed by atoms with E-state index in [2.05, 4.69) is 15.5 Å². The van der Waals surface area contributed by atoms with Crippen molar-refractivity contribution in [3.8, 4) is 28.6 Å². The number of thioether (sulfide) groups is 1. The molecule has 0 fully saturated rings. The number of methoxy groups -OCH3 is 2. The van der Waals surface area contributed by atoms with Gasteiger partial charge in [-0.3, -0.25) is 4.79 Å². The lowest BCUT2D eigenvalue weighted by molar-refractivity contribution is -0.113. The third kappa shape index (κ3) is 5.23. The molecule has 0 aliphatic carbocycles. The highest BCUT2D eigenvalue weighted by Crippen LogP contribution is 2.36. The van der Waals surface area contributed by atoms with Crippen LogP contribution in [0.25, 0.3) is 11.4 Å². The van der Waals surface area contributed by atoms with E-state index in [-0.39, 0.29) is 11.7 Å². The molecule has 10 heteroatoms. The SMILES string of the molecule is CCOc1ccccc1-c1nnc(SCC(=O)Nc2cc(OC)c(Cl)cc2OC)n1C. The van der Waals surface area contributed by atoms with Crippen LogP contribution in [0, 0.1) is 0 Å². The first-order valence-electron chi connectivity index (χ1n) is 9.44. The lowest BCUT2D eigenvalue weighted by Gasteiger charge is -2.13. The van der Waals surface area contributed by atoms with Gasteiger partial charge in [-0.1, -0.05) is 35.5 Å². The maximum atomic E-state index is 12.5. The molecule has 1 heterocycles. The van der Waals surface area contributed by atoms with Gasteiger partial charge in [0.25, 0.3) is 0 Å². The number of benzene rings is 2. The quantitative estimate of drug-likeness (QED) is 0.475. The number of nitrogens with one attached hydrogen (secondary N) is 1. The number of hydrogen-bond donors (Lipinski definition) is 1. The molecule has 1 N–H and O–H groups in total. The predicted molar refractivity (Wildman–Crippen MR) is 122 cm³/mol. The Bertz CT molecular complexity index is 1070. The van der Waals surface area contributed by atoms with E-state index in [1.54, 1.807) is 12.1 Å². The first-order valence-corrected chi connectivity index (χ1v) is 10.8. The standard InChI is InChI=1S/C21H23ClN4O4S/c1-5-30-16-9-7-6-8-13(16)20-24-25-21(26(20)2)31-12-19(27)23-15-11-17(28-3)14(22)10-18(15)29-4/h6-11H,5,12H2,1-4H3,(H,23,27). The van der Waals surface area contributed by atoms with E-state index >= 15 is 0 Å². The zero-order chi connectivity index (χ0) is 22.4. The summed E-state index contributed by atoms with van der Waals surface area (Å²) in [5, 5.41) is 12.3. The smallest absolute Gasteiger partial charge is 0.234 e. The van der Waals surface area contributed by atoms with Crippen LogP contribution in [0.1, 0.15) is 6.92 Å². The van der Waals surface area contributed by atoms with Gasteiger partial charge >= 0.3 is 0 Å². The van der Waals surface area contributed by atoms with Crippen LogP contribution in [0.15, 0.2) is 41.6 Å². The Balaban J connectivity index is 1.71. The Hall–Kier alpha value is -2.91. The number of amides is 1. The fourth-order valence-corrected chi connectivity index (χ4v) is 3.82. The van der Waals surface area contributed by atoms with Crippen molar-refractivity contribution in [2.75, 3.05) is 31.9 Å². The maximum absolute atomic E-state index is 12.5. The summed E-state index contributed by atoms with van der Waals surface area (Å²) in [5.41, 5.74) is 1.31. The first-order chi connectivity index (χ1) is 15.0. The van der Waals surface area contributed by atoms with Crippen LogP contribution in [-0.4, -0.2) is 47.3 Å². The molecule has 164 valence electrons. The zero-order valence-electron chi connectivity index (χ0n) is 17.6. The minimum absolute atomic E-state index is 0.132. The summed E-state index contributed by atoms with van der Waals surface area (Å²) < 4.78 is 18.0. The van der Waals surface area contributed by atoms with Crippen molar-refractivity contribution < 1.29 is 19.0 Å². The van der Waals surface area contributed by atoms with Crippen molar-refractivity contribution in [1.29, 1.82) is 0 Å². The lowest BCUT2D eigenvalue weighted by Crippen LogP contribution is -2.15. The molecule has 0 aliphatic rings. The molecule has 0 radical (unpaired) electrons. The van der Waals surface area contributed by atoms with Gasteiger partial charge in [0.15, 0.2) is 11.0 Å². The normalized spacial score (nSPS) is 10.6. The second kappa shape index (κ2) is 10.4. The van der Waals surface area contributed by atoms with E-state index in [1.807, 2.05) is 42.8 Å². The molecule has 31 heavy (non-hydrogen) atoms. The fraction of sp³-hybridized carbons (Fsp3) is 0.286. The number of aromatic nitrogens is 3. The number of ether oxygens (including phenoxy) is 3. The Morgan fingerprint density at radius 1 is 1.13 bits per heavy atom. The number of halogens is 1. The summed E-state index contributed by atoms with van der Waals surface area (Å²) in [6.07, 6.45) is 0. The minimum atomic E-state index is -0.230. The summed E-state index contributed by atoms with van der Waals surface area (Å²) >= 11 is 7.38. The third-order valence-corrected chi connectivity index (χ3v) is 5.66. The minimum Gasteiger partial charge on any atom is -0.495 e. The van der Waals surface area contributed by atoms with Crippen molar-refractivity contribution in [1.82, 2.24) is 14.8 Å². The van der Waals surface area contributed by atoms with Gasteiger partial charge in [-0.25, -0.2) is 0 Å². The molecule has 3 aromatic rings. The summed E-state index contributed by atoms with van der Waals surface area (Å²) in [7, 11) is 4.86. The number of nitrogens with zero attached hydrogens (tertiary/aromatic N) is 3. The monoisotopic (exact) mass is 462 g/mol. The van der Waals surface area contributed by atoms with Crippen LogP contribution in [0.4, 0.5) is 5.69 Å². The summed E-state index contributed by atoms with van der Waals surface area (Å²) in [6, 6.07) is 10.9. The summed E-state index contributed by atoms with van der Waals surface area (Å²) in [6.45, 7) is 2.48. The number of anilines is 1. The van der Waals surface area contributed by atoms with Crippen molar-refractivity contribution in [2.45, 2.75) is 12.1 Å². The number of para-hydroxylation sites is 1. The fourth-order valence-electron chi connectivity index (χ4n) is 2.88. The van der Waals surface area contributed by atoms with Crippen molar-refractivity contribution >= 4 is 35.0 Å². The van der Waals surface area contributed by atoms with E-state index in [4.69, 9.17) is 25.8 Å². The largest absolute Gasteiger partial charge is 0.495 e. The highest BCUT2D eigenvalue weighted by atomic mass is 35.5. The van der Waals surface area contributed by atoms with E-state index in [1.165, 1.54) is 26.0 Å². The van der Waals surface area contributed by atoms with Gasteiger partial charge in [0, 0.05) is 19.2 Å².